The number of fused-ring (bicyclic) bond motifs is 4. The number of rotatable bonds is 0. The van der Waals surface area contributed by atoms with E-state index in [0.29, 0.717) is 24.2 Å². The van der Waals surface area contributed by atoms with E-state index in [4.69, 9.17) is 0 Å². The molecule has 4 heteroatoms. The molecule has 4 aliphatic carbocycles. The summed E-state index contributed by atoms with van der Waals surface area (Å²) in [7, 11) is 0. The molecule has 0 aromatic heterocycles. The zero-order chi connectivity index (χ0) is 17.6. The van der Waals surface area contributed by atoms with E-state index in [1.807, 2.05) is 6.08 Å². The molecule has 5 aliphatic rings. The lowest BCUT2D eigenvalue weighted by atomic mass is 9.46. The van der Waals surface area contributed by atoms with Gasteiger partial charge in [0.15, 0.2) is 5.78 Å². The summed E-state index contributed by atoms with van der Waals surface area (Å²) in [5.74, 6) is 1.48. The topological polar surface area (TPSA) is 66.4 Å². The number of nitrogens with one attached hydrogen (secondary N) is 1. The molecule has 3 saturated carbocycles. The number of carbonyl (C=O) groups is 2. The van der Waals surface area contributed by atoms with Gasteiger partial charge < -0.3 is 10.4 Å². The van der Waals surface area contributed by atoms with Crippen LogP contribution in [0.5, 0.6) is 0 Å². The van der Waals surface area contributed by atoms with Gasteiger partial charge in [-0.05, 0) is 68.9 Å². The zero-order valence-electron chi connectivity index (χ0n) is 15.0. The minimum atomic E-state index is -0.482. The average molecular weight is 341 g/mol. The first-order valence-corrected chi connectivity index (χ1v) is 9.81. The number of carbonyl (C=O) groups excluding carboxylic acids is 2. The Bertz CT molecular complexity index is 725. The Morgan fingerprint density at radius 2 is 1.96 bits per heavy atom. The molecule has 1 spiro atoms. The molecule has 25 heavy (non-hydrogen) atoms. The molecule has 8 unspecified atom stereocenters. The number of aliphatic hydroxyl groups is 1. The van der Waals surface area contributed by atoms with Crippen molar-refractivity contribution in [3.8, 4) is 0 Å². The Labute approximate surface area is 148 Å². The van der Waals surface area contributed by atoms with Crippen molar-refractivity contribution < 1.29 is 14.7 Å². The molecular weight excluding hydrogens is 314 g/mol. The fourth-order valence-electron chi connectivity index (χ4n) is 7.58. The third kappa shape index (κ3) is 1.77. The summed E-state index contributed by atoms with van der Waals surface area (Å²) in [4.78, 5) is 24.8. The molecule has 0 radical (unpaired) electrons. The largest absolute Gasteiger partial charge is 0.393 e. The maximum atomic E-state index is 13.0. The van der Waals surface area contributed by atoms with E-state index in [9.17, 15) is 14.7 Å². The molecule has 2 N–H and O–H groups in total. The zero-order valence-corrected chi connectivity index (χ0v) is 15.0. The monoisotopic (exact) mass is 341 g/mol. The highest BCUT2D eigenvalue weighted by Gasteiger charge is 2.69. The van der Waals surface area contributed by atoms with E-state index in [1.54, 1.807) is 12.2 Å². The summed E-state index contributed by atoms with van der Waals surface area (Å²) >= 11 is 0. The Morgan fingerprint density at radius 3 is 2.76 bits per heavy atom. The molecule has 0 aromatic carbocycles. The van der Waals surface area contributed by atoms with Crippen LogP contribution in [0.1, 0.15) is 46.0 Å². The Balaban J connectivity index is 1.59. The Morgan fingerprint density at radius 1 is 1.20 bits per heavy atom. The first kappa shape index (κ1) is 15.8. The van der Waals surface area contributed by atoms with Gasteiger partial charge in [0.2, 0.25) is 5.91 Å². The van der Waals surface area contributed by atoms with Crippen LogP contribution in [0.4, 0.5) is 0 Å². The molecular formula is C21H27NO3. The van der Waals surface area contributed by atoms with E-state index in [1.165, 1.54) is 5.57 Å². The maximum absolute atomic E-state index is 13.0. The van der Waals surface area contributed by atoms with Crippen molar-refractivity contribution >= 4 is 11.7 Å². The molecule has 0 bridgehead atoms. The Kier molecular flexibility index (Phi) is 3.06. The first-order chi connectivity index (χ1) is 11.9. The summed E-state index contributed by atoms with van der Waals surface area (Å²) in [6.07, 6.45) is 9.70. The summed E-state index contributed by atoms with van der Waals surface area (Å²) in [5.41, 5.74) is 0.581. The van der Waals surface area contributed by atoms with Gasteiger partial charge in [0.25, 0.3) is 0 Å². The predicted octanol–water partition coefficient (Wildman–Crippen LogP) is 2.38. The van der Waals surface area contributed by atoms with Crippen LogP contribution < -0.4 is 5.32 Å². The molecule has 4 fully saturated rings. The molecule has 0 aromatic rings. The number of hydrogen-bond donors (Lipinski definition) is 2. The van der Waals surface area contributed by atoms with Crippen molar-refractivity contribution in [1.29, 1.82) is 0 Å². The number of hydrogen-bond acceptors (Lipinski definition) is 3. The third-order valence-electron chi connectivity index (χ3n) is 8.48. The van der Waals surface area contributed by atoms with Crippen molar-refractivity contribution in [2.45, 2.75) is 58.1 Å². The lowest BCUT2D eigenvalue weighted by Gasteiger charge is -2.57. The average Bonchev–Trinajstić information content (AvgIpc) is 3.04. The second kappa shape index (κ2) is 4.85. The highest BCUT2D eigenvalue weighted by atomic mass is 16.3. The number of amides is 1. The molecule has 134 valence electrons. The van der Waals surface area contributed by atoms with Crippen LogP contribution in [0, 0.1) is 34.5 Å². The smallest absolute Gasteiger partial charge is 0.227 e. The molecule has 4 nitrogen and oxygen atoms in total. The standard InChI is InChI=1S/C21H27NO3/c1-11-15-5-6-16-14-4-3-12-9-13(23)7-8-20(12,2)18(14)17(24)10-21(15,16)19(25)22-11/h7-9,11,14-18,24H,3-6,10H2,1-2H3,(H,22,25). The van der Waals surface area contributed by atoms with Gasteiger partial charge in [0, 0.05) is 17.4 Å². The maximum Gasteiger partial charge on any atom is 0.227 e. The van der Waals surface area contributed by atoms with E-state index in [2.05, 4.69) is 19.2 Å². The van der Waals surface area contributed by atoms with E-state index < -0.39 is 6.10 Å². The van der Waals surface area contributed by atoms with Gasteiger partial charge >= 0.3 is 0 Å². The first-order valence-electron chi connectivity index (χ1n) is 9.81. The molecule has 1 amide bonds. The number of aliphatic hydroxyl groups excluding tert-OH is 1. The predicted molar refractivity (Wildman–Crippen MR) is 93.4 cm³/mol. The molecule has 1 heterocycles. The molecule has 5 rings (SSSR count). The third-order valence-corrected chi connectivity index (χ3v) is 8.48. The van der Waals surface area contributed by atoms with Crippen LogP contribution in [0.2, 0.25) is 0 Å². The second-order valence-electron chi connectivity index (χ2n) is 9.28. The summed E-state index contributed by atoms with van der Waals surface area (Å²) < 4.78 is 0. The number of allylic oxidation sites excluding steroid dienone is 4. The van der Waals surface area contributed by atoms with Gasteiger partial charge in [-0.1, -0.05) is 18.6 Å². The van der Waals surface area contributed by atoms with Gasteiger partial charge in [-0.2, -0.15) is 0 Å². The van der Waals surface area contributed by atoms with Crippen molar-refractivity contribution in [2.24, 2.45) is 34.5 Å². The van der Waals surface area contributed by atoms with Gasteiger partial charge in [-0.15, -0.1) is 0 Å². The van der Waals surface area contributed by atoms with Gasteiger partial charge in [-0.3, -0.25) is 9.59 Å². The van der Waals surface area contributed by atoms with Crippen LogP contribution in [0.3, 0.4) is 0 Å². The van der Waals surface area contributed by atoms with E-state index >= 15 is 0 Å². The van der Waals surface area contributed by atoms with Crippen molar-refractivity contribution in [3.05, 3.63) is 23.8 Å². The Hall–Kier alpha value is -1.42. The normalized spacial score (nSPS) is 53.5. The van der Waals surface area contributed by atoms with Crippen LogP contribution in [-0.2, 0) is 9.59 Å². The fourth-order valence-corrected chi connectivity index (χ4v) is 7.58. The highest BCUT2D eigenvalue weighted by Crippen LogP contribution is 2.67. The van der Waals surface area contributed by atoms with Crippen LogP contribution >= 0.6 is 0 Å². The van der Waals surface area contributed by atoms with Crippen LogP contribution in [0.25, 0.3) is 0 Å². The summed E-state index contributed by atoms with van der Waals surface area (Å²) in [5, 5.41) is 14.4. The van der Waals surface area contributed by atoms with E-state index in [-0.39, 0.29) is 34.5 Å². The van der Waals surface area contributed by atoms with Gasteiger partial charge in [0.05, 0.1) is 11.5 Å². The van der Waals surface area contributed by atoms with Gasteiger partial charge in [0.1, 0.15) is 0 Å². The van der Waals surface area contributed by atoms with Crippen LogP contribution in [0.15, 0.2) is 23.8 Å². The molecule has 8 atom stereocenters. The summed E-state index contributed by atoms with van der Waals surface area (Å²) in [6, 6.07) is 0.225. The van der Waals surface area contributed by atoms with Crippen molar-refractivity contribution in [3.63, 3.8) is 0 Å². The minimum absolute atomic E-state index is 0.0672. The molecule has 1 saturated heterocycles. The fraction of sp³-hybridized carbons (Fsp3) is 0.714. The highest BCUT2D eigenvalue weighted by molar-refractivity contribution is 6.01. The minimum Gasteiger partial charge on any atom is -0.393 e. The quantitative estimate of drug-likeness (QED) is 0.711. The van der Waals surface area contributed by atoms with E-state index in [0.717, 1.165) is 25.7 Å². The lowest BCUT2D eigenvalue weighted by Crippen LogP contribution is -2.58. The van der Waals surface area contributed by atoms with Crippen LogP contribution in [-0.4, -0.2) is 28.9 Å². The number of ketones is 1. The van der Waals surface area contributed by atoms with Crippen molar-refractivity contribution in [2.75, 3.05) is 0 Å². The summed E-state index contributed by atoms with van der Waals surface area (Å²) in [6.45, 7) is 4.31. The second-order valence-corrected chi connectivity index (χ2v) is 9.28. The molecule has 1 aliphatic heterocycles. The SMILES string of the molecule is CC1NC(=O)C23CC(O)C4C(CCC5=CC(=O)C=CC54C)C2CCC13. The lowest BCUT2D eigenvalue weighted by molar-refractivity contribution is -0.151. The van der Waals surface area contributed by atoms with Gasteiger partial charge in [-0.25, -0.2) is 0 Å². The van der Waals surface area contributed by atoms with Crippen molar-refractivity contribution in [1.82, 2.24) is 5.32 Å².